The summed E-state index contributed by atoms with van der Waals surface area (Å²) in [4.78, 5) is 0. The van der Waals surface area contributed by atoms with E-state index in [1.807, 2.05) is 0 Å². The van der Waals surface area contributed by atoms with E-state index in [1.54, 1.807) is 0 Å². The van der Waals surface area contributed by atoms with Crippen LogP contribution in [0.4, 0.5) is 0 Å². The van der Waals surface area contributed by atoms with E-state index in [4.69, 9.17) is 0 Å². The number of fused-ring (bicyclic) bond motifs is 1. The van der Waals surface area contributed by atoms with Gasteiger partial charge in [0.25, 0.3) is 0 Å². The summed E-state index contributed by atoms with van der Waals surface area (Å²) in [6, 6.07) is 0. The molecule has 114 valence electrons. The molecule has 0 aromatic carbocycles. The Morgan fingerprint density at radius 3 is 2.65 bits per heavy atom. The molecule has 0 amide bonds. The highest BCUT2D eigenvalue weighted by atomic mass is 16.3. The van der Waals surface area contributed by atoms with Crippen LogP contribution in [0.2, 0.25) is 0 Å². The van der Waals surface area contributed by atoms with E-state index in [1.165, 1.54) is 63.4 Å². The first-order valence-corrected chi connectivity index (χ1v) is 8.80. The Labute approximate surface area is 124 Å². The summed E-state index contributed by atoms with van der Waals surface area (Å²) >= 11 is 0. The quantitative estimate of drug-likeness (QED) is 0.708. The Bertz CT molecular complexity index is 387. The van der Waals surface area contributed by atoms with Crippen LogP contribution in [0, 0.1) is 28.6 Å². The molecule has 0 radical (unpaired) electrons. The highest BCUT2D eigenvalue weighted by Crippen LogP contribution is 2.60. The minimum atomic E-state index is 0.401. The molecule has 0 aliphatic heterocycles. The number of aliphatic hydroxyl groups excluding tert-OH is 1. The Hall–Kier alpha value is -0.300. The second-order valence-corrected chi connectivity index (χ2v) is 8.36. The first-order valence-electron chi connectivity index (χ1n) is 8.80. The van der Waals surface area contributed by atoms with Gasteiger partial charge in [-0.1, -0.05) is 38.8 Å². The molecular weight excluding hydrogens is 244 g/mol. The zero-order chi connectivity index (χ0) is 14.4. The zero-order valence-corrected chi connectivity index (χ0v) is 13.5. The number of hydrogen-bond donors (Lipinski definition) is 1. The van der Waals surface area contributed by atoms with Gasteiger partial charge in [-0.05, 0) is 73.5 Å². The summed E-state index contributed by atoms with van der Waals surface area (Å²) in [6.45, 7) is 9.72. The molecule has 1 heteroatoms. The third-order valence-corrected chi connectivity index (χ3v) is 7.69. The SMILES string of the molecule is C=C1CCC2CC(C3(C)CCCCC3CO)CCC12C. The molecule has 0 aromatic heterocycles. The van der Waals surface area contributed by atoms with Crippen LogP contribution in [0.3, 0.4) is 0 Å². The molecule has 5 unspecified atom stereocenters. The number of rotatable bonds is 2. The molecule has 20 heavy (non-hydrogen) atoms. The summed E-state index contributed by atoms with van der Waals surface area (Å²) in [6.07, 6.45) is 12.0. The summed E-state index contributed by atoms with van der Waals surface area (Å²) in [5.41, 5.74) is 2.36. The van der Waals surface area contributed by atoms with Crippen molar-refractivity contribution < 1.29 is 5.11 Å². The first kappa shape index (κ1) is 14.6. The van der Waals surface area contributed by atoms with E-state index in [-0.39, 0.29) is 0 Å². The van der Waals surface area contributed by atoms with Crippen molar-refractivity contribution in [1.29, 1.82) is 0 Å². The largest absolute Gasteiger partial charge is 0.396 e. The van der Waals surface area contributed by atoms with Crippen molar-refractivity contribution >= 4 is 0 Å². The average molecular weight is 276 g/mol. The van der Waals surface area contributed by atoms with Gasteiger partial charge in [0, 0.05) is 6.61 Å². The second kappa shape index (κ2) is 5.16. The molecular formula is C19H32O. The van der Waals surface area contributed by atoms with Crippen LogP contribution < -0.4 is 0 Å². The van der Waals surface area contributed by atoms with Crippen LogP contribution >= 0.6 is 0 Å². The van der Waals surface area contributed by atoms with E-state index in [2.05, 4.69) is 20.4 Å². The molecule has 3 fully saturated rings. The highest BCUT2D eigenvalue weighted by Gasteiger charge is 2.51. The topological polar surface area (TPSA) is 20.2 Å². The van der Waals surface area contributed by atoms with E-state index in [0.717, 1.165) is 11.8 Å². The van der Waals surface area contributed by atoms with Gasteiger partial charge in [-0.3, -0.25) is 0 Å². The van der Waals surface area contributed by atoms with Crippen molar-refractivity contribution in [1.82, 2.24) is 0 Å². The summed E-state index contributed by atoms with van der Waals surface area (Å²) in [5, 5.41) is 9.82. The van der Waals surface area contributed by atoms with E-state index in [0.29, 0.717) is 23.4 Å². The smallest absolute Gasteiger partial charge is 0.0464 e. The molecule has 1 N–H and O–H groups in total. The highest BCUT2D eigenvalue weighted by molar-refractivity contribution is 5.19. The fourth-order valence-electron chi connectivity index (χ4n) is 5.80. The van der Waals surface area contributed by atoms with Gasteiger partial charge in [0.05, 0.1) is 0 Å². The molecule has 3 saturated carbocycles. The normalized spacial score (nSPS) is 49.1. The van der Waals surface area contributed by atoms with Gasteiger partial charge >= 0.3 is 0 Å². The summed E-state index contributed by atoms with van der Waals surface area (Å²) in [5.74, 6) is 2.26. The predicted molar refractivity (Wildman–Crippen MR) is 84.5 cm³/mol. The zero-order valence-electron chi connectivity index (χ0n) is 13.5. The Kier molecular flexibility index (Phi) is 3.77. The predicted octanol–water partition coefficient (Wildman–Crippen LogP) is 4.95. The monoisotopic (exact) mass is 276 g/mol. The number of aliphatic hydroxyl groups is 1. The average Bonchev–Trinajstić information content (AvgIpc) is 2.75. The van der Waals surface area contributed by atoms with Crippen LogP contribution in [0.1, 0.15) is 71.6 Å². The van der Waals surface area contributed by atoms with Gasteiger partial charge < -0.3 is 5.11 Å². The van der Waals surface area contributed by atoms with Crippen LogP contribution in [-0.4, -0.2) is 11.7 Å². The minimum Gasteiger partial charge on any atom is -0.396 e. The van der Waals surface area contributed by atoms with Crippen LogP contribution in [0.25, 0.3) is 0 Å². The van der Waals surface area contributed by atoms with Crippen molar-refractivity contribution in [2.24, 2.45) is 28.6 Å². The maximum absolute atomic E-state index is 9.82. The van der Waals surface area contributed by atoms with Crippen LogP contribution in [-0.2, 0) is 0 Å². The van der Waals surface area contributed by atoms with Gasteiger partial charge in [0.2, 0.25) is 0 Å². The van der Waals surface area contributed by atoms with Gasteiger partial charge in [-0.15, -0.1) is 0 Å². The molecule has 3 rings (SSSR count). The van der Waals surface area contributed by atoms with E-state index in [9.17, 15) is 5.11 Å². The van der Waals surface area contributed by atoms with Crippen molar-refractivity contribution in [3.8, 4) is 0 Å². The van der Waals surface area contributed by atoms with Gasteiger partial charge in [-0.25, -0.2) is 0 Å². The molecule has 0 aromatic rings. The van der Waals surface area contributed by atoms with Crippen molar-refractivity contribution in [3.63, 3.8) is 0 Å². The molecule has 3 aliphatic rings. The molecule has 3 aliphatic carbocycles. The lowest BCUT2D eigenvalue weighted by Crippen LogP contribution is -2.44. The number of allylic oxidation sites excluding steroid dienone is 1. The Morgan fingerprint density at radius 1 is 1.10 bits per heavy atom. The maximum atomic E-state index is 9.82. The summed E-state index contributed by atoms with van der Waals surface area (Å²) in [7, 11) is 0. The second-order valence-electron chi connectivity index (χ2n) is 8.36. The van der Waals surface area contributed by atoms with E-state index < -0.39 is 0 Å². The fraction of sp³-hybridized carbons (Fsp3) is 0.895. The van der Waals surface area contributed by atoms with Crippen molar-refractivity contribution in [2.45, 2.75) is 71.6 Å². The minimum absolute atomic E-state index is 0.401. The lowest BCUT2D eigenvalue weighted by Gasteiger charge is -2.52. The van der Waals surface area contributed by atoms with Crippen molar-refractivity contribution in [2.75, 3.05) is 6.61 Å². The molecule has 1 nitrogen and oxygen atoms in total. The van der Waals surface area contributed by atoms with Gasteiger partial charge in [-0.2, -0.15) is 0 Å². The fourth-order valence-corrected chi connectivity index (χ4v) is 5.80. The molecule has 0 heterocycles. The molecule has 0 spiro atoms. The Morgan fingerprint density at radius 2 is 1.90 bits per heavy atom. The Balaban J connectivity index is 1.77. The van der Waals surface area contributed by atoms with Crippen LogP contribution in [0.15, 0.2) is 12.2 Å². The first-order chi connectivity index (χ1) is 9.50. The lowest BCUT2D eigenvalue weighted by atomic mass is 9.53. The number of hydrogen-bond acceptors (Lipinski definition) is 1. The van der Waals surface area contributed by atoms with Gasteiger partial charge in [0.1, 0.15) is 0 Å². The standard InChI is InChI=1S/C19H32O/c1-14-7-8-15-12-16(9-11-18(14,15)2)19(3)10-5-4-6-17(19)13-20/h15-17,20H,1,4-13H2,2-3H3. The summed E-state index contributed by atoms with van der Waals surface area (Å²) < 4.78 is 0. The third-order valence-electron chi connectivity index (χ3n) is 7.69. The molecule has 0 saturated heterocycles. The van der Waals surface area contributed by atoms with Crippen molar-refractivity contribution in [3.05, 3.63) is 12.2 Å². The van der Waals surface area contributed by atoms with E-state index >= 15 is 0 Å². The third kappa shape index (κ3) is 2.08. The molecule has 5 atom stereocenters. The lowest BCUT2D eigenvalue weighted by molar-refractivity contribution is -0.0329. The molecule has 0 bridgehead atoms. The maximum Gasteiger partial charge on any atom is 0.0464 e. The van der Waals surface area contributed by atoms with Crippen LogP contribution in [0.5, 0.6) is 0 Å². The van der Waals surface area contributed by atoms with Gasteiger partial charge in [0.15, 0.2) is 0 Å².